The van der Waals surface area contributed by atoms with Crippen LogP contribution in [0.2, 0.25) is 0 Å². The van der Waals surface area contributed by atoms with Crippen molar-refractivity contribution in [2.75, 3.05) is 13.1 Å². The van der Waals surface area contributed by atoms with Crippen molar-refractivity contribution in [2.45, 2.75) is 32.6 Å². The second kappa shape index (κ2) is 9.00. The number of hydrogen-bond acceptors (Lipinski definition) is 5. The van der Waals surface area contributed by atoms with E-state index in [0.717, 1.165) is 48.4 Å². The minimum Gasteiger partial charge on any atom is -0.294 e. The monoisotopic (exact) mass is 403 g/mol. The number of nitrogens with one attached hydrogen (secondary N) is 1. The number of carbonyl (C=O) groups is 2. The molecule has 0 unspecified atom stereocenters. The fraction of sp³-hybridized carbons (Fsp3) is 0.304. The van der Waals surface area contributed by atoms with Gasteiger partial charge in [-0.05, 0) is 49.1 Å². The number of carbonyl (C=O) groups excluding carboxylic acids is 2. The summed E-state index contributed by atoms with van der Waals surface area (Å²) in [5.41, 5.74) is 6.99. The van der Waals surface area contributed by atoms with E-state index in [2.05, 4.69) is 15.5 Å². The van der Waals surface area contributed by atoms with Gasteiger partial charge in [-0.15, -0.1) is 0 Å². The predicted molar refractivity (Wildman–Crippen MR) is 113 cm³/mol. The molecule has 3 aromatic rings. The quantitative estimate of drug-likeness (QED) is 0.614. The van der Waals surface area contributed by atoms with E-state index >= 15 is 0 Å². The lowest BCUT2D eigenvalue weighted by atomic mass is 10.0. The lowest BCUT2D eigenvalue weighted by Crippen LogP contribution is -2.40. The van der Waals surface area contributed by atoms with Gasteiger partial charge in [-0.3, -0.25) is 20.0 Å². The number of ketones is 1. The minimum atomic E-state index is -0.0351. The number of aryl methyl sites for hydroxylation is 1. The Bertz CT molecular complexity index is 1040. The highest BCUT2D eigenvalue weighted by Crippen LogP contribution is 2.14. The first-order valence-electron chi connectivity index (χ1n) is 10.2. The highest BCUT2D eigenvalue weighted by molar-refractivity contribution is 5.97. The van der Waals surface area contributed by atoms with Crippen LogP contribution in [0.25, 0.3) is 5.69 Å². The van der Waals surface area contributed by atoms with Gasteiger partial charge in [0.25, 0.3) is 0 Å². The van der Waals surface area contributed by atoms with Crippen molar-refractivity contribution in [1.82, 2.24) is 25.2 Å². The number of nitrogens with zero attached hydrogens (tertiary/aromatic N) is 4. The maximum Gasteiger partial charge on any atom is 0.238 e. The maximum absolute atomic E-state index is 12.7. The molecule has 0 bridgehead atoms. The molecule has 3 heterocycles. The van der Waals surface area contributed by atoms with Crippen molar-refractivity contribution >= 4 is 11.7 Å². The zero-order valence-corrected chi connectivity index (χ0v) is 17.0. The number of pyridine rings is 1. The number of hydrazine groups is 1. The third-order valence-electron chi connectivity index (χ3n) is 5.16. The molecule has 1 amide bonds. The molecule has 154 valence electrons. The van der Waals surface area contributed by atoms with Crippen LogP contribution in [0, 0.1) is 6.92 Å². The molecule has 30 heavy (non-hydrogen) atoms. The molecule has 7 nitrogen and oxygen atoms in total. The highest BCUT2D eigenvalue weighted by atomic mass is 16.2. The Balaban J connectivity index is 1.41. The topological polar surface area (TPSA) is 80.1 Å². The molecule has 0 atom stereocenters. The van der Waals surface area contributed by atoms with Crippen LogP contribution in [0.15, 0.2) is 55.0 Å². The molecular formula is C23H25N5O2. The lowest BCUT2D eigenvalue weighted by Gasteiger charge is -2.15. The summed E-state index contributed by atoms with van der Waals surface area (Å²) in [5, 5.41) is 6.33. The molecule has 0 saturated carbocycles. The average Bonchev–Trinajstić information content (AvgIpc) is 3.42. The molecule has 4 rings (SSSR count). The van der Waals surface area contributed by atoms with Gasteiger partial charge >= 0.3 is 0 Å². The van der Waals surface area contributed by atoms with Crippen molar-refractivity contribution in [1.29, 1.82) is 0 Å². The van der Waals surface area contributed by atoms with Crippen LogP contribution in [0.1, 0.15) is 40.0 Å². The van der Waals surface area contributed by atoms with E-state index in [-0.39, 0.29) is 18.1 Å². The average molecular weight is 403 g/mol. The molecule has 0 radical (unpaired) electrons. The first-order valence-corrected chi connectivity index (χ1v) is 10.2. The zero-order valence-electron chi connectivity index (χ0n) is 17.0. The van der Waals surface area contributed by atoms with Crippen LogP contribution >= 0.6 is 0 Å². The van der Waals surface area contributed by atoms with Crippen molar-refractivity contribution < 1.29 is 9.59 Å². The summed E-state index contributed by atoms with van der Waals surface area (Å²) in [5.74, 6) is -0.00745. The standard InChI is InChI=1S/C23H25N5O2/c1-17-7-8-18(14-24-17)11-22(29)20-5-4-6-21(13-20)28-16-19(15-25-28)12-23(30)26-27-9-2-3-10-27/h4-8,13-16H,2-3,9-12H2,1H3,(H,26,30). The van der Waals surface area contributed by atoms with Gasteiger partial charge in [0.1, 0.15) is 0 Å². The molecule has 1 aliphatic rings. The molecule has 1 fully saturated rings. The van der Waals surface area contributed by atoms with Gasteiger partial charge in [-0.1, -0.05) is 18.2 Å². The Morgan fingerprint density at radius 1 is 1.03 bits per heavy atom. The van der Waals surface area contributed by atoms with Gasteiger partial charge in [-0.25, -0.2) is 9.69 Å². The molecule has 1 aromatic carbocycles. The van der Waals surface area contributed by atoms with Gasteiger partial charge in [0.2, 0.25) is 5.91 Å². The Kier molecular flexibility index (Phi) is 5.99. The lowest BCUT2D eigenvalue weighted by molar-refractivity contribution is -0.124. The molecule has 1 aliphatic heterocycles. The SMILES string of the molecule is Cc1ccc(CC(=O)c2cccc(-n3cc(CC(=O)NN4CCCC4)cn3)c2)cn1. The summed E-state index contributed by atoms with van der Waals surface area (Å²) < 4.78 is 1.70. The van der Waals surface area contributed by atoms with Crippen LogP contribution in [0.3, 0.4) is 0 Å². The fourth-order valence-electron chi connectivity index (χ4n) is 3.54. The maximum atomic E-state index is 12.7. The number of aromatic nitrogens is 3. The summed E-state index contributed by atoms with van der Waals surface area (Å²) >= 11 is 0. The van der Waals surface area contributed by atoms with Gasteiger partial charge < -0.3 is 0 Å². The Labute approximate surface area is 175 Å². The molecule has 0 spiro atoms. The van der Waals surface area contributed by atoms with Gasteiger partial charge in [0, 0.05) is 43.2 Å². The van der Waals surface area contributed by atoms with E-state index in [1.807, 2.05) is 48.5 Å². The highest BCUT2D eigenvalue weighted by Gasteiger charge is 2.15. The second-order valence-electron chi connectivity index (χ2n) is 7.66. The number of Topliss-reactive ketones (excluding diaryl/α,β-unsaturated/α-hetero) is 1. The van der Waals surface area contributed by atoms with E-state index in [9.17, 15) is 9.59 Å². The van der Waals surface area contributed by atoms with Crippen LogP contribution in [-0.4, -0.2) is 44.6 Å². The number of hydrogen-bond donors (Lipinski definition) is 1. The molecular weight excluding hydrogens is 378 g/mol. The second-order valence-corrected chi connectivity index (χ2v) is 7.66. The largest absolute Gasteiger partial charge is 0.294 e. The normalized spacial score (nSPS) is 14.0. The van der Waals surface area contributed by atoms with Gasteiger partial charge in [0.15, 0.2) is 5.78 Å². The molecule has 0 aliphatic carbocycles. The third-order valence-corrected chi connectivity index (χ3v) is 5.16. The molecule has 1 saturated heterocycles. The van der Waals surface area contributed by atoms with Gasteiger partial charge in [-0.2, -0.15) is 5.10 Å². The summed E-state index contributed by atoms with van der Waals surface area (Å²) in [6.45, 7) is 3.73. The van der Waals surface area contributed by atoms with E-state index in [1.54, 1.807) is 23.1 Å². The fourth-order valence-corrected chi connectivity index (χ4v) is 3.54. The summed E-state index contributed by atoms with van der Waals surface area (Å²) in [6, 6.07) is 11.2. The number of rotatable bonds is 7. The first-order chi connectivity index (χ1) is 14.6. The molecule has 1 N–H and O–H groups in total. The zero-order chi connectivity index (χ0) is 20.9. The smallest absolute Gasteiger partial charge is 0.238 e. The Hall–Kier alpha value is -3.32. The van der Waals surface area contributed by atoms with Crippen molar-refractivity contribution in [3.63, 3.8) is 0 Å². The summed E-state index contributed by atoms with van der Waals surface area (Å²) in [4.78, 5) is 29.1. The van der Waals surface area contributed by atoms with Crippen molar-refractivity contribution in [3.05, 3.63) is 77.4 Å². The Morgan fingerprint density at radius 3 is 2.63 bits per heavy atom. The Morgan fingerprint density at radius 2 is 1.87 bits per heavy atom. The van der Waals surface area contributed by atoms with E-state index in [4.69, 9.17) is 0 Å². The molecule has 2 aromatic heterocycles. The number of benzene rings is 1. The van der Waals surface area contributed by atoms with E-state index < -0.39 is 0 Å². The van der Waals surface area contributed by atoms with Crippen molar-refractivity contribution in [3.8, 4) is 5.69 Å². The summed E-state index contributed by atoms with van der Waals surface area (Å²) in [6.07, 6.45) is 8.08. The van der Waals surface area contributed by atoms with Crippen molar-refractivity contribution in [2.24, 2.45) is 0 Å². The van der Waals surface area contributed by atoms with Gasteiger partial charge in [0.05, 0.1) is 18.3 Å². The van der Waals surface area contributed by atoms with Crippen LogP contribution < -0.4 is 5.43 Å². The van der Waals surface area contributed by atoms with Crippen LogP contribution in [0.4, 0.5) is 0 Å². The van der Waals surface area contributed by atoms with Crippen LogP contribution in [0.5, 0.6) is 0 Å². The number of amides is 1. The van der Waals surface area contributed by atoms with Crippen LogP contribution in [-0.2, 0) is 17.6 Å². The van der Waals surface area contributed by atoms with E-state index in [1.165, 1.54) is 0 Å². The molecule has 7 heteroatoms. The summed E-state index contributed by atoms with van der Waals surface area (Å²) in [7, 11) is 0. The first kappa shape index (κ1) is 20.0. The van der Waals surface area contributed by atoms with E-state index in [0.29, 0.717) is 12.0 Å². The minimum absolute atomic E-state index is 0.0277. The predicted octanol–water partition coefficient (Wildman–Crippen LogP) is 2.67. The third kappa shape index (κ3) is 4.99.